The Kier molecular flexibility index (Phi) is 3.46. The first-order valence-corrected chi connectivity index (χ1v) is 5.61. The summed E-state index contributed by atoms with van der Waals surface area (Å²) >= 11 is 1.30. The van der Waals surface area contributed by atoms with E-state index in [4.69, 9.17) is 10.5 Å². The lowest BCUT2D eigenvalue weighted by molar-refractivity contribution is 0.0531. The molecule has 0 aliphatic heterocycles. The van der Waals surface area contributed by atoms with Crippen molar-refractivity contribution in [1.29, 1.82) is 0 Å². The Morgan fingerprint density at radius 2 is 2.20 bits per heavy atom. The molecule has 0 unspecified atom stereocenters. The van der Waals surface area contributed by atoms with E-state index in [9.17, 15) is 4.79 Å². The summed E-state index contributed by atoms with van der Waals surface area (Å²) in [6.45, 7) is 7.66. The van der Waals surface area contributed by atoms with Crippen LogP contribution in [0.1, 0.15) is 41.1 Å². The molecule has 1 rings (SSSR count). The van der Waals surface area contributed by atoms with Crippen molar-refractivity contribution in [2.24, 2.45) is 5.73 Å². The van der Waals surface area contributed by atoms with Crippen LogP contribution in [-0.4, -0.2) is 17.6 Å². The second-order valence-corrected chi connectivity index (χ2v) is 4.87. The predicted octanol–water partition coefficient (Wildman–Crippen LogP) is 1.82. The molecule has 84 valence electrons. The fourth-order valence-corrected chi connectivity index (χ4v) is 2.03. The van der Waals surface area contributed by atoms with Crippen LogP contribution >= 0.6 is 11.3 Å². The van der Waals surface area contributed by atoms with E-state index in [1.165, 1.54) is 11.3 Å². The van der Waals surface area contributed by atoms with Crippen LogP contribution in [0.3, 0.4) is 0 Å². The van der Waals surface area contributed by atoms with Crippen molar-refractivity contribution in [3.8, 4) is 0 Å². The number of aryl methyl sites for hydroxylation is 1. The van der Waals surface area contributed by atoms with Gasteiger partial charge in [0.1, 0.15) is 9.88 Å². The maximum absolute atomic E-state index is 11.5. The average molecular weight is 228 g/mol. The smallest absolute Gasteiger partial charge is 0.350 e. The molecule has 0 saturated carbocycles. The normalized spacial score (nSPS) is 11.5. The fraction of sp³-hybridized carbons (Fsp3) is 0.600. The monoisotopic (exact) mass is 228 g/mol. The number of hydrogen-bond acceptors (Lipinski definition) is 5. The third kappa shape index (κ3) is 2.76. The molecule has 0 atom stereocenters. The van der Waals surface area contributed by atoms with Gasteiger partial charge in [-0.3, -0.25) is 0 Å². The molecule has 0 bridgehead atoms. The van der Waals surface area contributed by atoms with Crippen LogP contribution in [0.25, 0.3) is 0 Å². The lowest BCUT2D eigenvalue weighted by Gasteiger charge is -2.13. The molecule has 0 aliphatic carbocycles. The molecule has 0 fully saturated rings. The maximum atomic E-state index is 11.5. The first-order chi connectivity index (χ1) is 6.86. The molecule has 0 saturated heterocycles. The summed E-state index contributed by atoms with van der Waals surface area (Å²) in [6.07, 6.45) is 0. The Morgan fingerprint density at radius 3 is 2.60 bits per heavy atom. The summed E-state index contributed by atoms with van der Waals surface area (Å²) in [5.41, 5.74) is 6.08. The molecule has 5 heteroatoms. The van der Waals surface area contributed by atoms with Crippen molar-refractivity contribution in [2.45, 2.75) is 33.2 Å². The Labute approximate surface area is 93.5 Å². The number of thiazole rings is 1. The van der Waals surface area contributed by atoms with Crippen molar-refractivity contribution >= 4 is 17.3 Å². The molecule has 2 N–H and O–H groups in total. The highest BCUT2D eigenvalue weighted by molar-refractivity contribution is 7.13. The first-order valence-electron chi connectivity index (χ1n) is 4.80. The van der Waals surface area contributed by atoms with Crippen molar-refractivity contribution in [3.63, 3.8) is 0 Å². The average Bonchev–Trinajstić information content (AvgIpc) is 2.47. The molecule has 1 aromatic heterocycles. The fourth-order valence-electron chi connectivity index (χ4n) is 1.06. The number of carbonyl (C=O) groups is 1. The Bertz CT molecular complexity index is 366. The largest absolute Gasteiger partial charge is 0.462 e. The number of nitrogens with zero attached hydrogens (tertiary/aromatic N) is 1. The van der Waals surface area contributed by atoms with Crippen LogP contribution in [0.2, 0.25) is 0 Å². The van der Waals surface area contributed by atoms with Gasteiger partial charge < -0.3 is 10.5 Å². The van der Waals surface area contributed by atoms with E-state index in [0.717, 1.165) is 5.01 Å². The van der Waals surface area contributed by atoms with Crippen LogP contribution in [-0.2, 0) is 10.3 Å². The van der Waals surface area contributed by atoms with E-state index in [2.05, 4.69) is 4.98 Å². The van der Waals surface area contributed by atoms with Gasteiger partial charge in [-0.2, -0.15) is 0 Å². The van der Waals surface area contributed by atoms with Crippen molar-refractivity contribution in [1.82, 2.24) is 4.98 Å². The first kappa shape index (κ1) is 12.1. The highest BCUT2D eigenvalue weighted by atomic mass is 32.1. The highest BCUT2D eigenvalue weighted by Gasteiger charge is 2.23. The van der Waals surface area contributed by atoms with E-state index in [1.807, 2.05) is 13.8 Å². The summed E-state index contributed by atoms with van der Waals surface area (Å²) in [4.78, 5) is 16.3. The molecule has 15 heavy (non-hydrogen) atoms. The van der Waals surface area contributed by atoms with E-state index < -0.39 is 5.54 Å². The molecular weight excluding hydrogens is 212 g/mol. The molecule has 0 amide bonds. The predicted molar refractivity (Wildman–Crippen MR) is 60.0 cm³/mol. The molecule has 1 heterocycles. The molecule has 1 aromatic rings. The third-order valence-corrected chi connectivity index (χ3v) is 3.29. The van der Waals surface area contributed by atoms with E-state index >= 15 is 0 Å². The van der Waals surface area contributed by atoms with Gasteiger partial charge in [-0.15, -0.1) is 11.3 Å². The topological polar surface area (TPSA) is 65.2 Å². The second kappa shape index (κ2) is 4.28. The third-order valence-electron chi connectivity index (χ3n) is 1.81. The SMILES string of the molecule is CCOC(=O)c1sc(C(C)(C)N)nc1C. The number of hydrogen-bond donors (Lipinski definition) is 1. The van der Waals surface area contributed by atoms with Gasteiger partial charge >= 0.3 is 5.97 Å². The van der Waals surface area contributed by atoms with Crippen molar-refractivity contribution in [3.05, 3.63) is 15.6 Å². The molecule has 0 spiro atoms. The van der Waals surface area contributed by atoms with E-state index in [1.54, 1.807) is 13.8 Å². The highest BCUT2D eigenvalue weighted by Crippen LogP contribution is 2.26. The molecule has 0 radical (unpaired) electrons. The minimum atomic E-state index is -0.514. The minimum Gasteiger partial charge on any atom is -0.462 e. The van der Waals surface area contributed by atoms with E-state index in [-0.39, 0.29) is 5.97 Å². The summed E-state index contributed by atoms with van der Waals surface area (Å²) in [7, 11) is 0. The van der Waals surface area contributed by atoms with Gasteiger partial charge in [0.05, 0.1) is 17.8 Å². The minimum absolute atomic E-state index is 0.317. The standard InChI is InChI=1S/C10H16N2O2S/c1-5-14-8(13)7-6(2)12-9(15-7)10(3,4)11/h5,11H2,1-4H3. The Balaban J connectivity index is 3.02. The molecule has 0 aromatic carbocycles. The molecule has 4 nitrogen and oxygen atoms in total. The van der Waals surface area contributed by atoms with Gasteiger partial charge in [0, 0.05) is 0 Å². The number of ether oxygens (including phenoxy) is 1. The Morgan fingerprint density at radius 1 is 1.60 bits per heavy atom. The van der Waals surface area contributed by atoms with Crippen LogP contribution in [0, 0.1) is 6.92 Å². The van der Waals surface area contributed by atoms with Gasteiger partial charge in [-0.05, 0) is 27.7 Å². The van der Waals surface area contributed by atoms with Gasteiger partial charge in [0.15, 0.2) is 0 Å². The van der Waals surface area contributed by atoms with Gasteiger partial charge in [-0.1, -0.05) is 0 Å². The lowest BCUT2D eigenvalue weighted by Crippen LogP contribution is -2.28. The number of carbonyl (C=O) groups excluding carboxylic acids is 1. The van der Waals surface area contributed by atoms with Crippen LogP contribution < -0.4 is 5.73 Å². The summed E-state index contributed by atoms with van der Waals surface area (Å²) in [5, 5.41) is 0.753. The summed E-state index contributed by atoms with van der Waals surface area (Å²) in [5.74, 6) is -0.317. The van der Waals surface area contributed by atoms with Crippen LogP contribution in [0.15, 0.2) is 0 Å². The zero-order valence-electron chi connectivity index (χ0n) is 9.46. The zero-order chi connectivity index (χ0) is 11.6. The number of esters is 1. The maximum Gasteiger partial charge on any atom is 0.350 e. The molecular formula is C10H16N2O2S. The number of rotatable bonds is 3. The lowest BCUT2D eigenvalue weighted by atomic mass is 10.1. The second-order valence-electron chi connectivity index (χ2n) is 3.88. The quantitative estimate of drug-likeness (QED) is 0.801. The summed E-state index contributed by atoms with van der Waals surface area (Å²) < 4.78 is 4.93. The van der Waals surface area contributed by atoms with Crippen LogP contribution in [0.5, 0.6) is 0 Å². The van der Waals surface area contributed by atoms with Gasteiger partial charge in [-0.25, -0.2) is 9.78 Å². The van der Waals surface area contributed by atoms with Gasteiger partial charge in [0.2, 0.25) is 0 Å². The van der Waals surface area contributed by atoms with Crippen molar-refractivity contribution < 1.29 is 9.53 Å². The molecule has 0 aliphatic rings. The summed E-state index contributed by atoms with van der Waals surface area (Å²) in [6, 6.07) is 0. The van der Waals surface area contributed by atoms with E-state index in [0.29, 0.717) is 17.2 Å². The zero-order valence-corrected chi connectivity index (χ0v) is 10.3. The Hall–Kier alpha value is -0.940. The number of nitrogens with two attached hydrogens (primary N) is 1. The van der Waals surface area contributed by atoms with Gasteiger partial charge in [0.25, 0.3) is 0 Å². The van der Waals surface area contributed by atoms with Crippen molar-refractivity contribution in [2.75, 3.05) is 6.61 Å². The van der Waals surface area contributed by atoms with Crippen LogP contribution in [0.4, 0.5) is 0 Å². The number of aromatic nitrogens is 1.